The molecule has 37 heavy (non-hydrogen) atoms. The summed E-state index contributed by atoms with van der Waals surface area (Å²) in [5, 5.41) is 2.52. The Labute approximate surface area is 212 Å². The number of carbonyl (C=O) groups is 2. The molecule has 1 unspecified atom stereocenters. The number of hydrogen-bond acceptors (Lipinski definition) is 5. The van der Waals surface area contributed by atoms with Gasteiger partial charge in [0, 0.05) is 30.1 Å². The summed E-state index contributed by atoms with van der Waals surface area (Å²) >= 11 is 0. The van der Waals surface area contributed by atoms with Gasteiger partial charge in [0.2, 0.25) is 5.91 Å². The molecule has 0 bridgehead atoms. The quantitative estimate of drug-likeness (QED) is 0.532. The molecule has 2 amide bonds. The Morgan fingerprint density at radius 3 is 2.46 bits per heavy atom. The zero-order valence-corrected chi connectivity index (χ0v) is 21.1. The minimum absolute atomic E-state index is 0.0121. The van der Waals surface area contributed by atoms with Gasteiger partial charge in [-0.15, -0.1) is 0 Å². The Bertz CT molecular complexity index is 1310. The standard InChI is InChI=1S/C25H27F4N3O4S/c1-3-14-10-20(32(13-14)24(34)16-8-9-30-21(11-16)37(2,35)36)23(33)31-22(15-4-5-15)18-7-6-17(12-19(18)26)25(27,28)29/h6-9,11-12,14-15,20,22H,3-5,10,13H2,1-2H3,(H,31,33)/t14-,20-,22?/m1/s1. The molecule has 2 aliphatic rings. The van der Waals surface area contributed by atoms with Gasteiger partial charge in [-0.1, -0.05) is 19.4 Å². The second kappa shape index (κ2) is 10.0. The number of hydrogen-bond donors (Lipinski definition) is 1. The van der Waals surface area contributed by atoms with Gasteiger partial charge >= 0.3 is 6.18 Å². The zero-order chi connectivity index (χ0) is 27.1. The first-order valence-electron chi connectivity index (χ1n) is 11.9. The summed E-state index contributed by atoms with van der Waals surface area (Å²) in [6.45, 7) is 2.19. The number of pyridine rings is 1. The lowest BCUT2D eigenvalue weighted by molar-refractivity contribution is -0.137. The van der Waals surface area contributed by atoms with E-state index in [-0.39, 0.29) is 34.5 Å². The summed E-state index contributed by atoms with van der Waals surface area (Å²) in [6.07, 6.45) is -0.0997. The highest BCUT2D eigenvalue weighted by Gasteiger charge is 2.43. The lowest BCUT2D eigenvalue weighted by Crippen LogP contribution is -2.47. The lowest BCUT2D eigenvalue weighted by Gasteiger charge is -2.27. The summed E-state index contributed by atoms with van der Waals surface area (Å²) in [7, 11) is -3.66. The lowest BCUT2D eigenvalue weighted by atomic mass is 9.98. The second-order valence-electron chi connectivity index (χ2n) is 9.70. The highest BCUT2D eigenvalue weighted by Crippen LogP contribution is 2.43. The van der Waals surface area contributed by atoms with E-state index in [0.29, 0.717) is 31.7 Å². The van der Waals surface area contributed by atoms with Crippen LogP contribution in [-0.4, -0.2) is 49.0 Å². The first-order valence-corrected chi connectivity index (χ1v) is 13.8. The molecule has 0 radical (unpaired) electrons. The van der Waals surface area contributed by atoms with Crippen molar-refractivity contribution in [3.8, 4) is 0 Å². The summed E-state index contributed by atoms with van der Waals surface area (Å²) in [5.74, 6) is -2.23. The van der Waals surface area contributed by atoms with E-state index in [9.17, 15) is 35.6 Å². The van der Waals surface area contributed by atoms with Gasteiger partial charge < -0.3 is 10.2 Å². The minimum atomic E-state index is -4.69. The largest absolute Gasteiger partial charge is 0.416 e. The van der Waals surface area contributed by atoms with Crippen molar-refractivity contribution in [3.63, 3.8) is 0 Å². The van der Waals surface area contributed by atoms with E-state index in [1.807, 2.05) is 6.92 Å². The molecule has 7 nitrogen and oxygen atoms in total. The third kappa shape index (κ3) is 5.94. The third-order valence-corrected chi connectivity index (χ3v) is 7.93. The van der Waals surface area contributed by atoms with Gasteiger partial charge in [-0.2, -0.15) is 13.2 Å². The van der Waals surface area contributed by atoms with E-state index in [2.05, 4.69) is 10.3 Å². The normalized spacial score (nSPS) is 21.1. The van der Waals surface area contributed by atoms with Crippen LogP contribution in [0.15, 0.2) is 41.6 Å². The maximum atomic E-state index is 14.8. The van der Waals surface area contributed by atoms with Crippen LogP contribution in [0.2, 0.25) is 0 Å². The van der Waals surface area contributed by atoms with Crippen LogP contribution in [0.1, 0.15) is 60.1 Å². The van der Waals surface area contributed by atoms with Crippen molar-refractivity contribution in [2.45, 2.75) is 55.9 Å². The molecule has 0 spiro atoms. The van der Waals surface area contributed by atoms with E-state index in [0.717, 1.165) is 24.5 Å². The maximum absolute atomic E-state index is 14.8. The van der Waals surface area contributed by atoms with Crippen LogP contribution in [0, 0.1) is 17.7 Å². The van der Waals surface area contributed by atoms with Crippen molar-refractivity contribution in [2.24, 2.45) is 11.8 Å². The molecule has 3 atom stereocenters. The van der Waals surface area contributed by atoms with Gasteiger partial charge in [0.05, 0.1) is 11.6 Å². The number of sulfone groups is 1. The smallest absolute Gasteiger partial charge is 0.347 e. The SMILES string of the molecule is CC[C@@H]1C[C@H](C(=O)NC(c2ccc(C(F)(F)F)cc2F)C2CC2)N(C(=O)c2ccnc(S(C)(=O)=O)c2)C1. The fourth-order valence-electron chi connectivity index (χ4n) is 4.69. The van der Waals surface area contributed by atoms with E-state index < -0.39 is 51.3 Å². The molecule has 1 aromatic carbocycles. The van der Waals surface area contributed by atoms with Crippen LogP contribution < -0.4 is 5.32 Å². The van der Waals surface area contributed by atoms with Crippen molar-refractivity contribution in [3.05, 3.63) is 59.0 Å². The van der Waals surface area contributed by atoms with Gasteiger partial charge in [-0.3, -0.25) is 9.59 Å². The Morgan fingerprint density at radius 1 is 1.19 bits per heavy atom. The predicted molar refractivity (Wildman–Crippen MR) is 126 cm³/mol. The Kier molecular flexibility index (Phi) is 7.33. The summed E-state index contributed by atoms with van der Waals surface area (Å²) in [5.41, 5.74) is -1.07. The molecule has 1 saturated carbocycles. The van der Waals surface area contributed by atoms with E-state index in [4.69, 9.17) is 0 Å². The molecular formula is C25H27F4N3O4S. The Balaban J connectivity index is 1.59. The van der Waals surface area contributed by atoms with Gasteiger partial charge in [-0.05, 0) is 55.4 Å². The third-order valence-electron chi connectivity index (χ3n) is 6.94. The number of likely N-dealkylation sites (tertiary alicyclic amines) is 1. The Hall–Kier alpha value is -3.02. The van der Waals surface area contributed by atoms with Gasteiger partial charge in [-0.25, -0.2) is 17.8 Å². The number of carbonyl (C=O) groups excluding carboxylic acids is 2. The Morgan fingerprint density at radius 2 is 1.89 bits per heavy atom. The van der Waals surface area contributed by atoms with Crippen LogP contribution in [0.3, 0.4) is 0 Å². The minimum Gasteiger partial charge on any atom is -0.347 e. The molecule has 2 heterocycles. The molecule has 2 fully saturated rings. The highest BCUT2D eigenvalue weighted by molar-refractivity contribution is 7.90. The van der Waals surface area contributed by atoms with E-state index in [1.54, 1.807) is 0 Å². The fraction of sp³-hybridized carbons (Fsp3) is 0.480. The van der Waals surface area contributed by atoms with E-state index in [1.165, 1.54) is 17.2 Å². The molecule has 1 aliphatic carbocycles. The number of rotatable bonds is 7. The van der Waals surface area contributed by atoms with E-state index >= 15 is 0 Å². The highest BCUT2D eigenvalue weighted by atomic mass is 32.2. The van der Waals surface area contributed by atoms with Gasteiger partial charge in [0.1, 0.15) is 11.9 Å². The fourth-order valence-corrected chi connectivity index (χ4v) is 5.28. The van der Waals surface area contributed by atoms with Crippen molar-refractivity contribution < 1.29 is 35.6 Å². The van der Waals surface area contributed by atoms with Crippen LogP contribution in [0.25, 0.3) is 0 Å². The molecule has 1 N–H and O–H groups in total. The summed E-state index contributed by atoms with van der Waals surface area (Å²) in [4.78, 5) is 31.9. The molecule has 1 saturated heterocycles. The van der Waals surface area contributed by atoms with Crippen LogP contribution >= 0.6 is 0 Å². The number of nitrogens with zero attached hydrogens (tertiary/aromatic N) is 2. The summed E-state index contributed by atoms with van der Waals surface area (Å²) in [6, 6.07) is 3.08. The van der Waals surface area contributed by atoms with Gasteiger partial charge in [0.25, 0.3) is 5.91 Å². The van der Waals surface area contributed by atoms with Gasteiger partial charge in [0.15, 0.2) is 14.9 Å². The first kappa shape index (κ1) is 27.0. The average Bonchev–Trinajstić information content (AvgIpc) is 3.58. The number of amides is 2. The molecule has 200 valence electrons. The maximum Gasteiger partial charge on any atom is 0.416 e. The monoisotopic (exact) mass is 541 g/mol. The second-order valence-corrected chi connectivity index (χ2v) is 11.7. The molecular weight excluding hydrogens is 514 g/mol. The van der Waals surface area contributed by atoms with Crippen LogP contribution in [0.4, 0.5) is 17.6 Å². The van der Waals surface area contributed by atoms with Crippen LogP contribution in [0.5, 0.6) is 0 Å². The van der Waals surface area contributed by atoms with Crippen molar-refractivity contribution in [1.82, 2.24) is 15.2 Å². The number of halogens is 4. The number of nitrogens with one attached hydrogen (secondary N) is 1. The average molecular weight is 542 g/mol. The topological polar surface area (TPSA) is 96.4 Å². The molecule has 12 heteroatoms. The molecule has 1 aromatic heterocycles. The number of aromatic nitrogens is 1. The first-order chi connectivity index (χ1) is 17.3. The van der Waals surface area contributed by atoms with Crippen molar-refractivity contribution in [1.29, 1.82) is 0 Å². The molecule has 2 aromatic rings. The molecule has 1 aliphatic heterocycles. The number of benzene rings is 1. The van der Waals surface area contributed by atoms with Crippen molar-refractivity contribution >= 4 is 21.7 Å². The molecule has 4 rings (SSSR count). The van der Waals surface area contributed by atoms with Crippen LogP contribution in [-0.2, 0) is 20.8 Å². The number of alkyl halides is 3. The van der Waals surface area contributed by atoms with Crippen molar-refractivity contribution in [2.75, 3.05) is 12.8 Å². The zero-order valence-electron chi connectivity index (χ0n) is 20.3. The summed E-state index contributed by atoms with van der Waals surface area (Å²) < 4.78 is 77.5. The predicted octanol–water partition coefficient (Wildman–Crippen LogP) is 4.15.